The van der Waals surface area contributed by atoms with Crippen LogP contribution in [-0.2, 0) is 0 Å². The van der Waals surface area contributed by atoms with Crippen molar-refractivity contribution >= 4 is 0 Å². The summed E-state index contributed by atoms with van der Waals surface area (Å²) in [6.07, 6.45) is 2.17. The molecule has 0 aromatic heterocycles. The molecule has 1 N–H and O–H groups in total. The highest BCUT2D eigenvalue weighted by molar-refractivity contribution is 5.40. The van der Waals surface area contributed by atoms with Crippen LogP contribution in [0.15, 0.2) is 18.2 Å². The minimum Gasteiger partial charge on any atom is -0.508 e. The Morgan fingerprint density at radius 2 is 2.11 bits per heavy atom. The molecule has 98 valence electrons. The Hall–Kier alpha value is -1.53. The van der Waals surface area contributed by atoms with Crippen LogP contribution in [0.25, 0.3) is 0 Å². The zero-order valence-electron chi connectivity index (χ0n) is 11.5. The molecule has 1 aromatic carbocycles. The number of aromatic hydroxyl groups is 1. The summed E-state index contributed by atoms with van der Waals surface area (Å²) in [4.78, 5) is 2.11. The molecule has 0 bridgehead atoms. The molecule has 0 aliphatic rings. The minimum absolute atomic E-state index is 0.210. The van der Waals surface area contributed by atoms with Crippen molar-refractivity contribution in [2.45, 2.75) is 39.7 Å². The van der Waals surface area contributed by atoms with Crippen molar-refractivity contribution in [1.82, 2.24) is 4.90 Å². The van der Waals surface area contributed by atoms with E-state index in [-0.39, 0.29) is 11.8 Å². The molecule has 0 aliphatic heterocycles. The molecule has 0 saturated heterocycles. The lowest BCUT2D eigenvalue weighted by Gasteiger charge is -2.26. The van der Waals surface area contributed by atoms with Crippen LogP contribution >= 0.6 is 0 Å². The van der Waals surface area contributed by atoms with Gasteiger partial charge in [-0.2, -0.15) is 5.26 Å². The van der Waals surface area contributed by atoms with Crippen molar-refractivity contribution in [1.29, 1.82) is 5.26 Å². The van der Waals surface area contributed by atoms with Gasteiger partial charge >= 0.3 is 0 Å². The number of nitrogens with zero attached hydrogens (tertiary/aromatic N) is 2. The van der Waals surface area contributed by atoms with Gasteiger partial charge in [-0.1, -0.05) is 31.9 Å². The molecule has 0 amide bonds. The van der Waals surface area contributed by atoms with E-state index in [4.69, 9.17) is 0 Å². The zero-order valence-corrected chi connectivity index (χ0v) is 11.5. The highest BCUT2D eigenvalue weighted by Crippen LogP contribution is 2.29. The van der Waals surface area contributed by atoms with E-state index in [2.05, 4.69) is 17.9 Å². The number of phenolic OH excluding ortho intramolecular Hbond substituents is 1. The number of nitriles is 1. The number of hydrogen-bond donors (Lipinski definition) is 1. The molecule has 3 nitrogen and oxygen atoms in total. The first-order valence-corrected chi connectivity index (χ1v) is 6.57. The van der Waals surface area contributed by atoms with Crippen LogP contribution in [0.2, 0.25) is 0 Å². The Balaban J connectivity index is 3.00. The molecule has 1 aromatic rings. The van der Waals surface area contributed by atoms with Gasteiger partial charge < -0.3 is 5.11 Å². The summed E-state index contributed by atoms with van der Waals surface area (Å²) in [5, 5.41) is 19.3. The number of rotatable bonds is 6. The Labute approximate surface area is 110 Å². The fourth-order valence-corrected chi connectivity index (χ4v) is 2.07. The van der Waals surface area contributed by atoms with Gasteiger partial charge in [-0.15, -0.1) is 0 Å². The molecule has 1 unspecified atom stereocenters. The van der Waals surface area contributed by atoms with E-state index in [1.54, 1.807) is 6.07 Å². The molecule has 0 radical (unpaired) electrons. The summed E-state index contributed by atoms with van der Waals surface area (Å²) in [5.74, 6) is 0.210. The van der Waals surface area contributed by atoms with Gasteiger partial charge in [-0.3, -0.25) is 4.90 Å². The van der Waals surface area contributed by atoms with Crippen LogP contribution < -0.4 is 0 Å². The fourth-order valence-electron chi connectivity index (χ4n) is 2.07. The standard InChI is InChI=1S/C15H22N2O/c1-4-6-9-17(5-2)14(11-16)13-10-12(3)7-8-15(13)18/h7-8,10,14,18H,4-6,9H2,1-3H3. The maximum atomic E-state index is 9.93. The van der Waals surface area contributed by atoms with Gasteiger partial charge in [0, 0.05) is 5.56 Å². The number of unbranched alkanes of at least 4 members (excludes halogenated alkanes) is 1. The number of hydrogen-bond acceptors (Lipinski definition) is 3. The lowest BCUT2D eigenvalue weighted by Crippen LogP contribution is -2.29. The van der Waals surface area contributed by atoms with Crippen molar-refractivity contribution in [3.05, 3.63) is 29.3 Å². The van der Waals surface area contributed by atoms with Crippen LogP contribution in [0.3, 0.4) is 0 Å². The first-order chi connectivity index (χ1) is 8.63. The molecule has 18 heavy (non-hydrogen) atoms. The molecule has 1 rings (SSSR count). The third kappa shape index (κ3) is 3.48. The monoisotopic (exact) mass is 246 g/mol. The number of benzene rings is 1. The van der Waals surface area contributed by atoms with Crippen LogP contribution in [0, 0.1) is 18.3 Å². The Bertz CT molecular complexity index is 423. The van der Waals surface area contributed by atoms with Crippen LogP contribution in [-0.4, -0.2) is 23.1 Å². The van der Waals surface area contributed by atoms with Gasteiger partial charge in [0.05, 0.1) is 6.07 Å². The molecule has 0 saturated carbocycles. The van der Waals surface area contributed by atoms with Crippen LogP contribution in [0.4, 0.5) is 0 Å². The third-order valence-corrected chi connectivity index (χ3v) is 3.17. The van der Waals surface area contributed by atoms with Crippen molar-refractivity contribution in [3.8, 4) is 11.8 Å². The van der Waals surface area contributed by atoms with E-state index in [9.17, 15) is 10.4 Å². The predicted molar refractivity (Wildman–Crippen MR) is 73.4 cm³/mol. The Morgan fingerprint density at radius 3 is 2.67 bits per heavy atom. The maximum absolute atomic E-state index is 9.93. The van der Waals surface area contributed by atoms with Gasteiger partial charge in [0.1, 0.15) is 11.8 Å². The largest absolute Gasteiger partial charge is 0.508 e. The minimum atomic E-state index is -0.360. The smallest absolute Gasteiger partial charge is 0.127 e. The van der Waals surface area contributed by atoms with Gasteiger partial charge in [0.15, 0.2) is 0 Å². The van der Waals surface area contributed by atoms with Gasteiger partial charge in [0.25, 0.3) is 0 Å². The van der Waals surface area contributed by atoms with Crippen LogP contribution in [0.5, 0.6) is 5.75 Å². The number of aryl methyl sites for hydroxylation is 1. The maximum Gasteiger partial charge on any atom is 0.127 e. The molecule has 0 heterocycles. The molecule has 1 atom stereocenters. The molecular formula is C15H22N2O. The van der Waals surface area contributed by atoms with Gasteiger partial charge in [-0.25, -0.2) is 0 Å². The topological polar surface area (TPSA) is 47.3 Å². The Kier molecular flexibility index (Phi) is 5.67. The third-order valence-electron chi connectivity index (χ3n) is 3.17. The summed E-state index contributed by atoms with van der Waals surface area (Å²) >= 11 is 0. The normalized spacial score (nSPS) is 12.4. The Morgan fingerprint density at radius 1 is 1.39 bits per heavy atom. The van der Waals surface area contributed by atoms with E-state index in [1.807, 2.05) is 26.0 Å². The summed E-state index contributed by atoms with van der Waals surface area (Å²) in [6.45, 7) is 7.86. The SMILES string of the molecule is CCCCN(CC)C(C#N)c1cc(C)ccc1O. The zero-order chi connectivity index (χ0) is 13.5. The highest BCUT2D eigenvalue weighted by atomic mass is 16.3. The first kappa shape index (κ1) is 14.5. The van der Waals surface area contributed by atoms with Crippen molar-refractivity contribution in [2.75, 3.05) is 13.1 Å². The van der Waals surface area contributed by atoms with E-state index >= 15 is 0 Å². The quantitative estimate of drug-likeness (QED) is 0.837. The van der Waals surface area contributed by atoms with Gasteiger partial charge in [-0.05, 0) is 38.6 Å². The van der Waals surface area contributed by atoms with E-state index in [0.29, 0.717) is 0 Å². The van der Waals surface area contributed by atoms with E-state index in [0.717, 1.165) is 37.1 Å². The first-order valence-electron chi connectivity index (χ1n) is 6.57. The fraction of sp³-hybridized carbons (Fsp3) is 0.533. The van der Waals surface area contributed by atoms with E-state index < -0.39 is 0 Å². The second kappa shape index (κ2) is 7.03. The molecule has 0 spiro atoms. The highest BCUT2D eigenvalue weighted by Gasteiger charge is 2.21. The average molecular weight is 246 g/mol. The van der Waals surface area contributed by atoms with Crippen LogP contribution in [0.1, 0.15) is 43.9 Å². The lowest BCUT2D eigenvalue weighted by atomic mass is 10.0. The van der Waals surface area contributed by atoms with Crippen molar-refractivity contribution in [3.63, 3.8) is 0 Å². The summed E-state index contributed by atoms with van der Waals surface area (Å²) in [6, 6.07) is 7.38. The molecule has 0 aliphatic carbocycles. The summed E-state index contributed by atoms with van der Waals surface area (Å²) < 4.78 is 0. The summed E-state index contributed by atoms with van der Waals surface area (Å²) in [5.41, 5.74) is 1.78. The van der Waals surface area contributed by atoms with Gasteiger partial charge in [0.2, 0.25) is 0 Å². The van der Waals surface area contributed by atoms with E-state index in [1.165, 1.54) is 0 Å². The lowest BCUT2D eigenvalue weighted by molar-refractivity contribution is 0.241. The van der Waals surface area contributed by atoms with Crippen molar-refractivity contribution < 1.29 is 5.11 Å². The number of phenols is 1. The average Bonchev–Trinajstić information content (AvgIpc) is 2.38. The molecule has 3 heteroatoms. The predicted octanol–water partition coefficient (Wildman–Crippen LogP) is 3.39. The second-order valence-corrected chi connectivity index (χ2v) is 4.58. The molecule has 0 fully saturated rings. The summed E-state index contributed by atoms with van der Waals surface area (Å²) in [7, 11) is 0. The molecular weight excluding hydrogens is 224 g/mol. The van der Waals surface area contributed by atoms with Crippen molar-refractivity contribution in [2.24, 2.45) is 0 Å². The second-order valence-electron chi connectivity index (χ2n) is 4.58.